The van der Waals surface area contributed by atoms with Crippen LogP contribution in [0.25, 0.3) is 0 Å². The van der Waals surface area contributed by atoms with Gasteiger partial charge >= 0.3 is 14.6 Å². The Morgan fingerprint density at radius 1 is 1.22 bits per heavy atom. The van der Waals surface area contributed by atoms with Crippen molar-refractivity contribution in [2.75, 3.05) is 6.23 Å². The summed E-state index contributed by atoms with van der Waals surface area (Å²) in [6, 6.07) is 2.98. The summed E-state index contributed by atoms with van der Waals surface area (Å²) >= 11 is 17.6. The van der Waals surface area contributed by atoms with E-state index in [0.717, 1.165) is 11.3 Å². The Kier molecular flexibility index (Phi) is 5.55. The lowest BCUT2D eigenvalue weighted by Gasteiger charge is -2.40. The molecule has 1 atom stereocenters. The van der Waals surface area contributed by atoms with Gasteiger partial charge in [-0.2, -0.15) is 0 Å². The molecule has 23 heavy (non-hydrogen) atoms. The third-order valence-electron chi connectivity index (χ3n) is 4.61. The molecule has 8 heteroatoms. The Morgan fingerprint density at radius 3 is 2.65 bits per heavy atom. The van der Waals surface area contributed by atoms with Crippen LogP contribution in [0, 0.1) is 0 Å². The number of halogens is 3. The molecule has 0 radical (unpaired) electrons. The van der Waals surface area contributed by atoms with Gasteiger partial charge in [0.05, 0.1) is 6.61 Å². The van der Waals surface area contributed by atoms with E-state index in [2.05, 4.69) is 6.55 Å². The van der Waals surface area contributed by atoms with Crippen LogP contribution in [-0.2, 0) is 11.0 Å². The highest BCUT2D eigenvalue weighted by Gasteiger charge is 2.46. The lowest BCUT2D eigenvalue weighted by atomic mass is 10.0. The molecule has 0 spiro atoms. The van der Waals surface area contributed by atoms with Crippen LogP contribution in [0.2, 0.25) is 12.1 Å². The quantitative estimate of drug-likeness (QED) is 0.478. The van der Waals surface area contributed by atoms with Gasteiger partial charge in [0, 0.05) is 11.1 Å². The fourth-order valence-corrected chi connectivity index (χ4v) is 7.14. The van der Waals surface area contributed by atoms with E-state index in [1.54, 1.807) is 0 Å². The molecule has 1 heterocycles. The zero-order valence-corrected chi connectivity index (χ0v) is 17.4. The molecule has 1 saturated carbocycles. The molecule has 0 saturated heterocycles. The second-order valence-electron chi connectivity index (χ2n) is 6.42. The second-order valence-corrected chi connectivity index (χ2v) is 18.8. The fourth-order valence-electron chi connectivity index (χ4n) is 3.32. The van der Waals surface area contributed by atoms with Crippen molar-refractivity contribution in [1.82, 2.24) is 0 Å². The first-order valence-corrected chi connectivity index (χ1v) is 15.6. The fraction of sp³-hybridized carbons (Fsp3) is 0.600. The first kappa shape index (κ1) is 17.9. The smallest absolute Gasteiger partial charge is 0.399 e. The maximum absolute atomic E-state index is 6.35. The minimum atomic E-state index is -2.78. The van der Waals surface area contributed by atoms with Gasteiger partial charge in [0.2, 0.25) is 0 Å². The number of benzene rings is 1. The van der Waals surface area contributed by atoms with E-state index in [-0.39, 0.29) is 6.23 Å². The number of ether oxygens (including phenoxy) is 1. The number of fused-ring (bicyclic) bond motifs is 1. The first-order valence-electron chi connectivity index (χ1n) is 8.01. The van der Waals surface area contributed by atoms with Crippen LogP contribution in [0.5, 0.6) is 11.5 Å². The highest BCUT2D eigenvalue weighted by atomic mass is 35.8. The van der Waals surface area contributed by atoms with Crippen LogP contribution in [0.4, 0.5) is 0 Å². The van der Waals surface area contributed by atoms with E-state index in [4.69, 9.17) is 46.8 Å². The van der Waals surface area contributed by atoms with Gasteiger partial charge in [-0.15, -0.1) is 33.2 Å². The molecule has 0 N–H and O–H groups in total. The molecule has 2 aliphatic rings. The normalized spacial score (nSPS) is 25.6. The summed E-state index contributed by atoms with van der Waals surface area (Å²) in [5.74, 6) is 1.62. The highest BCUT2D eigenvalue weighted by Crippen LogP contribution is 2.42. The predicted octanol–water partition coefficient (Wildman–Crippen LogP) is 5.58. The van der Waals surface area contributed by atoms with E-state index in [1.165, 1.54) is 32.1 Å². The molecule has 1 unspecified atom stereocenters. The number of hydrogen-bond donors (Lipinski definition) is 0. The summed E-state index contributed by atoms with van der Waals surface area (Å²) in [7, 11) is -2.15. The van der Waals surface area contributed by atoms with Gasteiger partial charge in [0.1, 0.15) is 17.7 Å². The lowest BCUT2D eigenvalue weighted by molar-refractivity contribution is 0.186. The van der Waals surface area contributed by atoms with E-state index in [1.807, 2.05) is 18.2 Å². The Bertz CT molecular complexity index is 561. The van der Waals surface area contributed by atoms with Crippen molar-refractivity contribution < 1.29 is 13.6 Å². The Balaban J connectivity index is 1.69. The molecule has 0 aromatic heterocycles. The molecule has 3 rings (SSSR count). The molecular formula is C15H21Cl3O3Si2. The van der Waals surface area contributed by atoms with Gasteiger partial charge in [-0.3, -0.25) is 0 Å². The first-order chi connectivity index (χ1) is 10.9. The van der Waals surface area contributed by atoms with Crippen LogP contribution in [0.3, 0.4) is 0 Å². The van der Waals surface area contributed by atoms with Gasteiger partial charge in [-0.05, 0) is 37.6 Å². The molecule has 1 aromatic rings. The largest absolute Gasteiger partial charge is 0.520 e. The van der Waals surface area contributed by atoms with Crippen molar-refractivity contribution in [1.29, 1.82) is 0 Å². The molecular weight excluding hydrogens is 391 g/mol. The monoisotopic (exact) mass is 410 g/mol. The van der Waals surface area contributed by atoms with Crippen molar-refractivity contribution in [3.63, 3.8) is 0 Å². The summed E-state index contributed by atoms with van der Waals surface area (Å²) in [5.41, 5.74) is 1.60. The van der Waals surface area contributed by atoms with Gasteiger partial charge in [-0.1, -0.05) is 19.3 Å². The number of rotatable bonds is 4. The van der Waals surface area contributed by atoms with E-state index < -0.39 is 14.6 Å². The van der Waals surface area contributed by atoms with Crippen molar-refractivity contribution in [3.05, 3.63) is 23.8 Å². The van der Waals surface area contributed by atoms with Crippen LogP contribution in [0.1, 0.15) is 37.7 Å². The Morgan fingerprint density at radius 2 is 1.96 bits per heavy atom. The summed E-state index contributed by atoms with van der Waals surface area (Å²) in [5, 5.41) is 0. The number of hydrogen-bond acceptors (Lipinski definition) is 3. The van der Waals surface area contributed by atoms with Crippen molar-refractivity contribution in [3.8, 4) is 11.5 Å². The second kappa shape index (κ2) is 7.14. The molecule has 0 amide bonds. The van der Waals surface area contributed by atoms with Gasteiger partial charge in [0.15, 0.2) is 0 Å². The minimum absolute atomic E-state index is 0.146. The third-order valence-corrected chi connectivity index (χ3v) is 9.46. The van der Waals surface area contributed by atoms with Crippen LogP contribution < -0.4 is 9.16 Å². The van der Waals surface area contributed by atoms with E-state index in [9.17, 15) is 0 Å². The molecule has 128 valence electrons. The summed E-state index contributed by atoms with van der Waals surface area (Å²) in [6.07, 6.45) is 6.53. The summed E-state index contributed by atoms with van der Waals surface area (Å²) < 4.78 is 18.1. The van der Waals surface area contributed by atoms with Gasteiger partial charge in [-0.25, -0.2) is 0 Å². The van der Waals surface area contributed by atoms with E-state index in [0.29, 0.717) is 17.9 Å². The standard InChI is InChI=1S/C15H21Cl3O3Si2/c1-22(14-5-3-2-4-6-14)20-10-12-9-13(7-8-15(12)21-22)19-11-23(16,17)18/h7-9,14H,2-6,10-11H2,1H3. The molecule has 1 aliphatic carbocycles. The average Bonchev–Trinajstić information content (AvgIpc) is 2.53. The van der Waals surface area contributed by atoms with Crippen LogP contribution >= 0.6 is 33.2 Å². The topological polar surface area (TPSA) is 27.7 Å². The lowest BCUT2D eigenvalue weighted by Crippen LogP contribution is -2.49. The molecule has 1 fully saturated rings. The summed E-state index contributed by atoms with van der Waals surface area (Å²) in [6.45, 7) is 2.78. The SMILES string of the molecule is C[Si]1(C2CCCCC2)OCc2cc(OC[Si](Cl)(Cl)Cl)ccc2O1. The molecule has 1 aromatic carbocycles. The van der Waals surface area contributed by atoms with Crippen LogP contribution in [-0.4, -0.2) is 20.8 Å². The maximum atomic E-state index is 6.35. The van der Waals surface area contributed by atoms with Crippen molar-refractivity contribution >= 4 is 47.8 Å². The van der Waals surface area contributed by atoms with Crippen LogP contribution in [0.15, 0.2) is 18.2 Å². The third kappa shape index (κ3) is 4.58. The zero-order chi connectivity index (χ0) is 16.5. The summed E-state index contributed by atoms with van der Waals surface area (Å²) in [4.78, 5) is 0. The predicted molar refractivity (Wildman–Crippen MR) is 99.1 cm³/mol. The van der Waals surface area contributed by atoms with Crippen molar-refractivity contribution in [2.24, 2.45) is 0 Å². The average molecular weight is 412 g/mol. The van der Waals surface area contributed by atoms with Crippen molar-refractivity contribution in [2.45, 2.75) is 50.8 Å². The molecule has 3 nitrogen and oxygen atoms in total. The molecule has 1 aliphatic heterocycles. The zero-order valence-electron chi connectivity index (χ0n) is 13.1. The Hall–Kier alpha value is 0.0838. The highest BCUT2D eigenvalue weighted by molar-refractivity contribution is 7.64. The Labute approximate surface area is 153 Å². The van der Waals surface area contributed by atoms with E-state index >= 15 is 0 Å². The minimum Gasteiger partial charge on any atom is -0.520 e. The van der Waals surface area contributed by atoms with Gasteiger partial charge < -0.3 is 13.6 Å². The maximum Gasteiger partial charge on any atom is 0.399 e. The molecule has 0 bridgehead atoms. The van der Waals surface area contributed by atoms with Gasteiger partial charge in [0.25, 0.3) is 0 Å².